The maximum atomic E-state index is 6.03. The Balaban J connectivity index is 2.59. The summed E-state index contributed by atoms with van der Waals surface area (Å²) in [5.41, 5.74) is 7.05. The fraction of sp³-hybridized carbons (Fsp3) is 0.111. The molecule has 0 fully saturated rings. The van der Waals surface area contributed by atoms with Crippen LogP contribution in [-0.2, 0) is 0 Å². The highest BCUT2D eigenvalue weighted by molar-refractivity contribution is 6.35. The fourth-order valence-electron chi connectivity index (χ4n) is 1.22. The summed E-state index contributed by atoms with van der Waals surface area (Å²) in [5, 5.41) is 8.73. The topological polar surface area (TPSA) is 56.7 Å². The zero-order chi connectivity index (χ0) is 11.0. The second-order valence-electron chi connectivity index (χ2n) is 3.07. The van der Waals surface area contributed by atoms with Gasteiger partial charge in [-0.15, -0.1) is 5.10 Å². The Morgan fingerprint density at radius 1 is 1.33 bits per heavy atom. The van der Waals surface area contributed by atoms with E-state index in [4.69, 9.17) is 28.9 Å². The zero-order valence-electron chi connectivity index (χ0n) is 7.91. The predicted octanol–water partition coefficient (Wildman–Crippen LogP) is 2.46. The van der Waals surface area contributed by atoms with E-state index in [9.17, 15) is 0 Å². The van der Waals surface area contributed by atoms with Gasteiger partial charge in [0.15, 0.2) is 5.82 Å². The van der Waals surface area contributed by atoms with E-state index >= 15 is 0 Å². The average Bonchev–Trinajstić information content (AvgIpc) is 2.49. The van der Waals surface area contributed by atoms with Crippen LogP contribution < -0.4 is 5.73 Å². The summed E-state index contributed by atoms with van der Waals surface area (Å²) in [7, 11) is 0. The first-order valence-electron chi connectivity index (χ1n) is 4.23. The SMILES string of the molecule is Cc1c(N)nnn1-c1ccc(Cl)cc1Cl. The maximum Gasteiger partial charge on any atom is 0.169 e. The van der Waals surface area contributed by atoms with Gasteiger partial charge in [-0.2, -0.15) is 0 Å². The van der Waals surface area contributed by atoms with Crippen molar-refractivity contribution in [2.24, 2.45) is 0 Å². The molecule has 2 aromatic rings. The van der Waals surface area contributed by atoms with E-state index in [-0.39, 0.29) is 0 Å². The number of hydrogen-bond donors (Lipinski definition) is 1. The van der Waals surface area contributed by atoms with Crippen LogP contribution >= 0.6 is 23.2 Å². The van der Waals surface area contributed by atoms with Crippen LogP contribution in [0.4, 0.5) is 5.82 Å². The molecule has 1 heterocycles. The molecule has 0 amide bonds. The zero-order valence-corrected chi connectivity index (χ0v) is 9.42. The molecule has 1 aromatic heterocycles. The van der Waals surface area contributed by atoms with Crippen molar-refractivity contribution in [3.63, 3.8) is 0 Å². The molecule has 15 heavy (non-hydrogen) atoms. The lowest BCUT2D eigenvalue weighted by Gasteiger charge is -2.05. The van der Waals surface area contributed by atoms with E-state index in [0.29, 0.717) is 21.6 Å². The molecule has 4 nitrogen and oxygen atoms in total. The number of nitrogens with two attached hydrogens (primary N) is 1. The third-order valence-corrected chi connectivity index (χ3v) is 2.61. The van der Waals surface area contributed by atoms with Gasteiger partial charge in [-0.3, -0.25) is 0 Å². The molecule has 0 atom stereocenters. The summed E-state index contributed by atoms with van der Waals surface area (Å²) in [6, 6.07) is 5.15. The normalized spacial score (nSPS) is 10.6. The van der Waals surface area contributed by atoms with Crippen LogP contribution in [0.1, 0.15) is 5.69 Å². The minimum absolute atomic E-state index is 0.390. The molecule has 0 radical (unpaired) electrons. The van der Waals surface area contributed by atoms with Crippen LogP contribution in [0.25, 0.3) is 5.69 Å². The molecule has 0 unspecified atom stereocenters. The van der Waals surface area contributed by atoms with E-state index in [1.165, 1.54) is 0 Å². The molecule has 2 rings (SSSR count). The van der Waals surface area contributed by atoms with Gasteiger partial charge in [0.05, 0.1) is 16.4 Å². The summed E-state index contributed by atoms with van der Waals surface area (Å²) >= 11 is 11.8. The number of aromatic nitrogens is 3. The van der Waals surface area contributed by atoms with Crippen molar-refractivity contribution in [2.45, 2.75) is 6.92 Å². The number of rotatable bonds is 1. The van der Waals surface area contributed by atoms with Crippen molar-refractivity contribution >= 4 is 29.0 Å². The summed E-state index contributed by atoms with van der Waals surface area (Å²) in [4.78, 5) is 0. The molecule has 0 aliphatic rings. The molecular weight excluding hydrogens is 235 g/mol. The van der Waals surface area contributed by atoms with Gasteiger partial charge in [-0.25, -0.2) is 4.68 Å². The van der Waals surface area contributed by atoms with Crippen molar-refractivity contribution in [2.75, 3.05) is 5.73 Å². The molecule has 78 valence electrons. The highest BCUT2D eigenvalue weighted by Gasteiger charge is 2.10. The summed E-state index contributed by atoms with van der Waals surface area (Å²) < 4.78 is 1.58. The van der Waals surface area contributed by atoms with Crippen molar-refractivity contribution in [1.82, 2.24) is 15.0 Å². The summed E-state index contributed by atoms with van der Waals surface area (Å²) in [6.07, 6.45) is 0. The largest absolute Gasteiger partial charge is 0.381 e. The number of nitrogens with zero attached hydrogens (tertiary/aromatic N) is 3. The van der Waals surface area contributed by atoms with E-state index in [0.717, 1.165) is 5.69 Å². The minimum Gasteiger partial charge on any atom is -0.381 e. The Labute approximate surface area is 96.6 Å². The lowest BCUT2D eigenvalue weighted by Crippen LogP contribution is -2.00. The van der Waals surface area contributed by atoms with Gasteiger partial charge in [-0.1, -0.05) is 28.4 Å². The Morgan fingerprint density at radius 3 is 2.60 bits per heavy atom. The van der Waals surface area contributed by atoms with E-state index in [2.05, 4.69) is 10.3 Å². The van der Waals surface area contributed by atoms with Gasteiger partial charge >= 0.3 is 0 Å². The smallest absolute Gasteiger partial charge is 0.169 e. The summed E-state index contributed by atoms with van der Waals surface area (Å²) in [5.74, 6) is 0.390. The van der Waals surface area contributed by atoms with Crippen molar-refractivity contribution in [3.8, 4) is 5.69 Å². The van der Waals surface area contributed by atoms with Crippen LogP contribution in [0.2, 0.25) is 10.0 Å². The fourth-order valence-corrected chi connectivity index (χ4v) is 1.71. The Kier molecular flexibility index (Phi) is 2.54. The van der Waals surface area contributed by atoms with Gasteiger partial charge in [0.1, 0.15) is 0 Å². The monoisotopic (exact) mass is 242 g/mol. The summed E-state index contributed by atoms with van der Waals surface area (Å²) in [6.45, 7) is 1.82. The van der Waals surface area contributed by atoms with Crippen LogP contribution in [0.3, 0.4) is 0 Å². The second kappa shape index (κ2) is 3.72. The standard InChI is InChI=1S/C9H8Cl2N4/c1-5-9(12)13-14-15(5)8-3-2-6(10)4-7(8)11/h2-4H,12H2,1H3. The molecule has 0 spiro atoms. The lowest BCUT2D eigenvalue weighted by atomic mass is 10.3. The molecule has 6 heteroatoms. The molecule has 2 N–H and O–H groups in total. The maximum absolute atomic E-state index is 6.03. The quantitative estimate of drug-likeness (QED) is 0.836. The molecule has 0 saturated carbocycles. The van der Waals surface area contributed by atoms with Gasteiger partial charge in [0.25, 0.3) is 0 Å². The number of halogens is 2. The average molecular weight is 243 g/mol. The van der Waals surface area contributed by atoms with Gasteiger partial charge in [0, 0.05) is 5.02 Å². The predicted molar refractivity (Wildman–Crippen MR) is 60.5 cm³/mol. The first-order valence-corrected chi connectivity index (χ1v) is 4.98. The molecular formula is C9H8Cl2N4. The van der Waals surface area contributed by atoms with Gasteiger partial charge in [-0.05, 0) is 25.1 Å². The Bertz CT molecular complexity index is 507. The molecule has 0 aliphatic carbocycles. The Hall–Kier alpha value is -1.26. The van der Waals surface area contributed by atoms with Crippen LogP contribution in [-0.4, -0.2) is 15.0 Å². The van der Waals surface area contributed by atoms with Crippen LogP contribution in [0.5, 0.6) is 0 Å². The van der Waals surface area contributed by atoms with E-state index in [1.807, 2.05) is 6.92 Å². The molecule has 0 saturated heterocycles. The third kappa shape index (κ3) is 1.78. The van der Waals surface area contributed by atoms with E-state index < -0.39 is 0 Å². The minimum atomic E-state index is 0.390. The highest BCUT2D eigenvalue weighted by atomic mass is 35.5. The Morgan fingerprint density at radius 2 is 2.07 bits per heavy atom. The van der Waals surface area contributed by atoms with Crippen molar-refractivity contribution < 1.29 is 0 Å². The number of benzene rings is 1. The van der Waals surface area contributed by atoms with Gasteiger partial charge < -0.3 is 5.73 Å². The highest BCUT2D eigenvalue weighted by Crippen LogP contribution is 2.25. The van der Waals surface area contributed by atoms with Crippen LogP contribution in [0, 0.1) is 6.92 Å². The molecule has 0 aliphatic heterocycles. The number of anilines is 1. The van der Waals surface area contributed by atoms with Gasteiger partial charge in [0.2, 0.25) is 0 Å². The first-order chi connectivity index (χ1) is 7.09. The van der Waals surface area contributed by atoms with Crippen LogP contribution in [0.15, 0.2) is 18.2 Å². The molecule has 0 bridgehead atoms. The second-order valence-corrected chi connectivity index (χ2v) is 3.91. The van der Waals surface area contributed by atoms with E-state index in [1.54, 1.807) is 22.9 Å². The number of nitrogen functional groups attached to an aromatic ring is 1. The number of hydrogen-bond acceptors (Lipinski definition) is 3. The molecule has 1 aromatic carbocycles. The lowest BCUT2D eigenvalue weighted by molar-refractivity contribution is 0.785. The third-order valence-electron chi connectivity index (χ3n) is 2.07. The van der Waals surface area contributed by atoms with Crippen molar-refractivity contribution in [3.05, 3.63) is 33.9 Å². The van der Waals surface area contributed by atoms with Crippen molar-refractivity contribution in [1.29, 1.82) is 0 Å². The first kappa shape index (κ1) is 10.3.